The van der Waals surface area contributed by atoms with Gasteiger partial charge in [0.1, 0.15) is 6.10 Å². The molecule has 1 aromatic rings. The van der Waals surface area contributed by atoms with E-state index in [4.69, 9.17) is 4.74 Å². The summed E-state index contributed by atoms with van der Waals surface area (Å²) < 4.78 is 8.29. The summed E-state index contributed by atoms with van der Waals surface area (Å²) in [5.74, 6) is 0.168. The molecule has 4 nitrogen and oxygen atoms in total. The van der Waals surface area contributed by atoms with Crippen molar-refractivity contribution in [1.82, 2.24) is 9.78 Å². The maximum atomic E-state index is 12.2. The Labute approximate surface area is 116 Å². The van der Waals surface area contributed by atoms with Gasteiger partial charge in [0, 0.05) is 13.7 Å². The molecule has 1 atom stereocenters. The fourth-order valence-corrected chi connectivity index (χ4v) is 3.04. The highest BCUT2D eigenvalue weighted by molar-refractivity contribution is 9.10. The molecule has 1 aromatic heterocycles. The number of ketones is 1. The van der Waals surface area contributed by atoms with Crippen molar-refractivity contribution in [3.63, 3.8) is 0 Å². The number of hydrogen-bond donors (Lipinski definition) is 0. The third-order valence-corrected chi connectivity index (χ3v) is 4.30. The average Bonchev–Trinajstić information content (AvgIpc) is 2.67. The molecule has 0 saturated carbocycles. The Kier molecular flexibility index (Phi) is 4.56. The summed E-state index contributed by atoms with van der Waals surface area (Å²) in [5.41, 5.74) is 1.95. The van der Waals surface area contributed by atoms with Gasteiger partial charge in [-0.1, -0.05) is 6.92 Å². The van der Waals surface area contributed by atoms with Gasteiger partial charge in [0.15, 0.2) is 5.78 Å². The Morgan fingerprint density at radius 2 is 2.33 bits per heavy atom. The molecule has 0 spiro atoms. The first kappa shape index (κ1) is 13.7. The zero-order valence-corrected chi connectivity index (χ0v) is 12.5. The zero-order chi connectivity index (χ0) is 13.1. The number of carbonyl (C=O) groups is 1. The predicted octanol–water partition coefficient (Wildman–Crippen LogP) is 2.43. The van der Waals surface area contributed by atoms with E-state index in [0.29, 0.717) is 13.0 Å². The molecular formula is C13H19BrN2O2. The van der Waals surface area contributed by atoms with Gasteiger partial charge in [-0.2, -0.15) is 5.10 Å². The first-order chi connectivity index (χ1) is 8.63. The Bertz CT molecular complexity index is 436. The SMILES string of the molecule is CCc1nn(C)c(CC(=O)C2CCCCO2)c1Br. The summed E-state index contributed by atoms with van der Waals surface area (Å²) in [6.07, 6.45) is 4.06. The van der Waals surface area contributed by atoms with E-state index in [0.717, 1.165) is 41.5 Å². The van der Waals surface area contributed by atoms with Crippen molar-refractivity contribution in [2.75, 3.05) is 6.61 Å². The van der Waals surface area contributed by atoms with E-state index in [1.807, 2.05) is 7.05 Å². The smallest absolute Gasteiger partial charge is 0.167 e. The van der Waals surface area contributed by atoms with Gasteiger partial charge in [-0.15, -0.1) is 0 Å². The Balaban J connectivity index is 2.08. The third-order valence-electron chi connectivity index (χ3n) is 3.38. The fourth-order valence-electron chi connectivity index (χ4n) is 2.29. The molecule has 0 bridgehead atoms. The van der Waals surface area contributed by atoms with Crippen molar-refractivity contribution in [1.29, 1.82) is 0 Å². The average molecular weight is 315 g/mol. The molecule has 1 saturated heterocycles. The van der Waals surface area contributed by atoms with E-state index in [9.17, 15) is 4.79 Å². The number of halogens is 1. The van der Waals surface area contributed by atoms with E-state index < -0.39 is 0 Å². The number of ether oxygens (including phenoxy) is 1. The van der Waals surface area contributed by atoms with Crippen LogP contribution in [0.4, 0.5) is 0 Å². The highest BCUT2D eigenvalue weighted by atomic mass is 79.9. The van der Waals surface area contributed by atoms with Crippen LogP contribution >= 0.6 is 15.9 Å². The molecule has 2 heterocycles. The minimum absolute atomic E-state index is 0.168. The number of Topliss-reactive ketones (excluding diaryl/α,β-unsaturated/α-hetero) is 1. The Hall–Kier alpha value is -0.680. The third kappa shape index (κ3) is 2.83. The second-order valence-corrected chi connectivity index (χ2v) is 5.48. The van der Waals surface area contributed by atoms with Crippen LogP contribution in [0.25, 0.3) is 0 Å². The van der Waals surface area contributed by atoms with Gasteiger partial charge in [-0.05, 0) is 41.6 Å². The standard InChI is InChI=1S/C13H19BrN2O2/c1-3-9-13(14)10(16(2)15-9)8-11(17)12-6-4-5-7-18-12/h12H,3-8H2,1-2H3. The predicted molar refractivity (Wildman–Crippen MR) is 72.6 cm³/mol. The lowest BCUT2D eigenvalue weighted by Gasteiger charge is -2.21. The van der Waals surface area contributed by atoms with Crippen LogP contribution in [-0.4, -0.2) is 28.3 Å². The van der Waals surface area contributed by atoms with Gasteiger partial charge in [-0.3, -0.25) is 9.48 Å². The van der Waals surface area contributed by atoms with E-state index in [2.05, 4.69) is 28.0 Å². The first-order valence-corrected chi connectivity index (χ1v) is 7.27. The lowest BCUT2D eigenvalue weighted by molar-refractivity contribution is -0.132. The second kappa shape index (κ2) is 5.97. The van der Waals surface area contributed by atoms with Crippen molar-refractivity contribution < 1.29 is 9.53 Å². The van der Waals surface area contributed by atoms with Crippen molar-refractivity contribution >= 4 is 21.7 Å². The molecule has 18 heavy (non-hydrogen) atoms. The number of aryl methyl sites for hydroxylation is 2. The molecule has 1 aliphatic rings. The quantitative estimate of drug-likeness (QED) is 0.857. The molecule has 0 amide bonds. The Morgan fingerprint density at radius 1 is 1.56 bits per heavy atom. The summed E-state index contributed by atoms with van der Waals surface area (Å²) in [7, 11) is 1.88. The van der Waals surface area contributed by atoms with Gasteiger partial charge in [-0.25, -0.2) is 0 Å². The summed E-state index contributed by atoms with van der Waals surface area (Å²) in [4.78, 5) is 12.2. The van der Waals surface area contributed by atoms with Crippen LogP contribution in [0.15, 0.2) is 4.47 Å². The van der Waals surface area contributed by atoms with Gasteiger partial charge < -0.3 is 4.74 Å². The minimum atomic E-state index is -0.217. The fraction of sp³-hybridized carbons (Fsp3) is 0.692. The molecule has 0 radical (unpaired) electrons. The van der Waals surface area contributed by atoms with Crippen LogP contribution in [0.2, 0.25) is 0 Å². The number of carbonyl (C=O) groups excluding carboxylic acids is 1. The molecule has 5 heteroatoms. The molecule has 1 aliphatic heterocycles. The van der Waals surface area contributed by atoms with Gasteiger partial charge in [0.05, 0.1) is 22.3 Å². The molecular weight excluding hydrogens is 296 g/mol. The van der Waals surface area contributed by atoms with Crippen molar-refractivity contribution in [2.45, 2.75) is 45.1 Å². The van der Waals surface area contributed by atoms with Gasteiger partial charge in [0.2, 0.25) is 0 Å². The summed E-state index contributed by atoms with van der Waals surface area (Å²) in [6, 6.07) is 0. The number of rotatable bonds is 4. The zero-order valence-electron chi connectivity index (χ0n) is 10.9. The maximum absolute atomic E-state index is 12.2. The molecule has 1 fully saturated rings. The molecule has 1 unspecified atom stereocenters. The largest absolute Gasteiger partial charge is 0.370 e. The summed E-state index contributed by atoms with van der Waals surface area (Å²) in [5, 5.41) is 4.40. The second-order valence-electron chi connectivity index (χ2n) is 4.68. The van der Waals surface area contributed by atoms with Crippen LogP contribution in [0, 0.1) is 0 Å². The maximum Gasteiger partial charge on any atom is 0.167 e. The van der Waals surface area contributed by atoms with E-state index >= 15 is 0 Å². The summed E-state index contributed by atoms with van der Waals surface area (Å²) in [6.45, 7) is 2.77. The lowest BCUT2D eigenvalue weighted by atomic mass is 10.0. The minimum Gasteiger partial charge on any atom is -0.370 e. The number of nitrogens with zero attached hydrogens (tertiary/aromatic N) is 2. The van der Waals surface area contributed by atoms with Gasteiger partial charge in [0.25, 0.3) is 0 Å². The molecule has 2 rings (SSSR count). The Morgan fingerprint density at radius 3 is 2.89 bits per heavy atom. The van der Waals surface area contributed by atoms with E-state index in [1.165, 1.54) is 0 Å². The normalized spacial score (nSPS) is 20.1. The van der Waals surface area contributed by atoms with Crippen LogP contribution in [0.5, 0.6) is 0 Å². The molecule has 0 N–H and O–H groups in total. The highest BCUT2D eigenvalue weighted by Gasteiger charge is 2.24. The molecule has 0 aromatic carbocycles. The van der Waals surface area contributed by atoms with Crippen molar-refractivity contribution in [2.24, 2.45) is 7.05 Å². The van der Waals surface area contributed by atoms with Crippen LogP contribution in [-0.2, 0) is 29.4 Å². The van der Waals surface area contributed by atoms with Crippen molar-refractivity contribution in [3.05, 3.63) is 15.9 Å². The number of hydrogen-bond acceptors (Lipinski definition) is 3. The van der Waals surface area contributed by atoms with Crippen LogP contribution in [0.1, 0.15) is 37.6 Å². The number of aromatic nitrogens is 2. The molecule has 0 aliphatic carbocycles. The van der Waals surface area contributed by atoms with Gasteiger partial charge >= 0.3 is 0 Å². The molecule has 100 valence electrons. The van der Waals surface area contributed by atoms with Crippen LogP contribution in [0.3, 0.4) is 0 Å². The van der Waals surface area contributed by atoms with Crippen molar-refractivity contribution in [3.8, 4) is 0 Å². The summed E-state index contributed by atoms with van der Waals surface area (Å²) >= 11 is 3.54. The first-order valence-electron chi connectivity index (χ1n) is 6.48. The van der Waals surface area contributed by atoms with E-state index in [-0.39, 0.29) is 11.9 Å². The van der Waals surface area contributed by atoms with Crippen LogP contribution < -0.4 is 0 Å². The topological polar surface area (TPSA) is 44.1 Å². The lowest BCUT2D eigenvalue weighted by Crippen LogP contribution is -2.30. The highest BCUT2D eigenvalue weighted by Crippen LogP contribution is 2.23. The monoisotopic (exact) mass is 314 g/mol. The van der Waals surface area contributed by atoms with E-state index in [1.54, 1.807) is 4.68 Å².